The number of hydrogen-bond donors (Lipinski definition) is 2. The number of halogens is 3. The number of fused-ring (bicyclic) bond motifs is 1. The Morgan fingerprint density at radius 1 is 1.12 bits per heavy atom. The van der Waals surface area contributed by atoms with E-state index >= 15 is 0 Å². The average Bonchev–Trinajstić information content (AvgIpc) is 3.58. The number of amides is 1. The summed E-state index contributed by atoms with van der Waals surface area (Å²) in [6, 6.07) is 8.42. The van der Waals surface area contributed by atoms with Gasteiger partial charge in [-0.25, -0.2) is 9.97 Å². The molecule has 7 rings (SSSR count). The van der Waals surface area contributed by atoms with Crippen LogP contribution < -0.4 is 15.5 Å². The van der Waals surface area contributed by atoms with Gasteiger partial charge in [-0.05, 0) is 68.5 Å². The molecule has 3 aliphatic heterocycles. The number of aromatic nitrogens is 2. The lowest BCUT2D eigenvalue weighted by Gasteiger charge is -2.36. The van der Waals surface area contributed by atoms with Gasteiger partial charge in [-0.15, -0.1) is 23.1 Å². The lowest BCUT2D eigenvalue weighted by molar-refractivity contribution is -0.137. The largest absolute Gasteiger partial charge is 0.420 e. The first kappa shape index (κ1) is 28.9. The second-order valence-electron chi connectivity index (χ2n) is 11.5. The van der Waals surface area contributed by atoms with Crippen LogP contribution in [0.1, 0.15) is 52.4 Å². The molecule has 0 bridgehead atoms. The van der Waals surface area contributed by atoms with Crippen molar-refractivity contribution in [3.05, 3.63) is 46.5 Å². The van der Waals surface area contributed by atoms with Gasteiger partial charge in [0, 0.05) is 53.9 Å². The summed E-state index contributed by atoms with van der Waals surface area (Å²) >= 11 is 2.56. The quantitative estimate of drug-likeness (QED) is 0.315. The molecule has 4 aliphatic rings. The molecule has 0 unspecified atom stereocenters. The van der Waals surface area contributed by atoms with Crippen molar-refractivity contribution in [2.24, 2.45) is 0 Å². The van der Waals surface area contributed by atoms with E-state index in [1.807, 2.05) is 13.1 Å². The maximum Gasteiger partial charge on any atom is 0.420 e. The number of nitrogens with zero attached hydrogens (tertiary/aromatic N) is 4. The predicted octanol–water partition coefficient (Wildman–Crippen LogP) is 5.98. The molecule has 3 fully saturated rings. The van der Waals surface area contributed by atoms with Crippen LogP contribution in [0.15, 0.2) is 35.4 Å². The molecule has 0 spiro atoms. The van der Waals surface area contributed by atoms with Gasteiger partial charge >= 0.3 is 6.18 Å². The van der Waals surface area contributed by atoms with E-state index in [1.165, 1.54) is 17.4 Å². The van der Waals surface area contributed by atoms with E-state index in [4.69, 9.17) is 4.74 Å². The standard InChI is InChI=1S/C30H33F3N6O2S2/c1-34-13-19-3-2-8-38(19)18-6-7-23(21(11-18)17-4-5-17)36-29-35-14-22(30(31,32)33)26(37-29)24-12-25-27(43-24)28(40)39(9-10-42-25)20-15-41-16-20/h6-7,11-12,14,17,19-20,34H,2-5,8-10,13,15-16H2,1H3,(H,35,36,37)/t19-/m1/s1. The van der Waals surface area contributed by atoms with Crippen LogP contribution in [0.3, 0.4) is 0 Å². The summed E-state index contributed by atoms with van der Waals surface area (Å²) in [5.41, 5.74) is 1.99. The van der Waals surface area contributed by atoms with Crippen molar-refractivity contribution in [1.29, 1.82) is 0 Å². The van der Waals surface area contributed by atoms with Crippen LogP contribution in [0, 0.1) is 0 Å². The van der Waals surface area contributed by atoms with Crippen molar-refractivity contribution in [2.75, 3.05) is 55.9 Å². The van der Waals surface area contributed by atoms with Gasteiger partial charge in [0.1, 0.15) is 10.4 Å². The highest BCUT2D eigenvalue weighted by atomic mass is 32.2. The third-order valence-electron chi connectivity index (χ3n) is 8.58. The van der Waals surface area contributed by atoms with Crippen molar-refractivity contribution in [1.82, 2.24) is 20.2 Å². The maximum atomic E-state index is 14.2. The first-order chi connectivity index (χ1) is 20.8. The van der Waals surface area contributed by atoms with Crippen LogP contribution in [0.5, 0.6) is 0 Å². The van der Waals surface area contributed by atoms with Crippen LogP contribution in [-0.4, -0.2) is 78.5 Å². The Hall–Kier alpha value is -2.87. The molecule has 5 heterocycles. The number of anilines is 3. The number of alkyl halides is 3. The molecule has 228 valence electrons. The number of thioether (sulfide) groups is 1. The summed E-state index contributed by atoms with van der Waals surface area (Å²) in [6.45, 7) is 3.49. The third-order valence-corrected chi connectivity index (χ3v) is 10.9. The van der Waals surface area contributed by atoms with Crippen molar-refractivity contribution in [3.63, 3.8) is 0 Å². The first-order valence-electron chi connectivity index (χ1n) is 14.7. The van der Waals surface area contributed by atoms with Gasteiger partial charge in [0.25, 0.3) is 5.91 Å². The minimum Gasteiger partial charge on any atom is -0.377 e. The minimum atomic E-state index is -4.65. The number of rotatable bonds is 8. The SMILES string of the molecule is CNC[C@H]1CCCN1c1ccc(Nc2ncc(C(F)(F)F)c(-c3cc4c(s3)C(=O)N(C3COC3)CCS4)n2)c(C2CC2)c1. The van der Waals surface area contributed by atoms with Gasteiger partial charge in [-0.2, -0.15) is 13.2 Å². The van der Waals surface area contributed by atoms with Crippen LogP contribution in [0.25, 0.3) is 10.6 Å². The van der Waals surface area contributed by atoms with E-state index in [1.54, 1.807) is 11.0 Å². The smallest absolute Gasteiger partial charge is 0.377 e. The Balaban J connectivity index is 1.21. The average molecular weight is 631 g/mol. The molecular formula is C30H33F3N6O2S2. The monoisotopic (exact) mass is 630 g/mol. The topological polar surface area (TPSA) is 82.6 Å². The number of benzene rings is 1. The molecule has 1 amide bonds. The summed E-state index contributed by atoms with van der Waals surface area (Å²) in [5.74, 6) is 1.01. The number of likely N-dealkylation sites (N-methyl/N-ethyl adjacent to an activating group) is 1. The number of ether oxygens (including phenoxy) is 1. The fourth-order valence-corrected chi connectivity index (χ4v) is 8.46. The van der Waals surface area contributed by atoms with E-state index in [0.29, 0.717) is 52.1 Å². The molecule has 2 saturated heterocycles. The zero-order valence-electron chi connectivity index (χ0n) is 23.7. The zero-order valence-corrected chi connectivity index (χ0v) is 25.4. The van der Waals surface area contributed by atoms with Crippen molar-refractivity contribution in [2.45, 2.75) is 54.8 Å². The normalized spacial score (nSPS) is 21.1. The molecule has 8 nitrogen and oxygen atoms in total. The van der Waals surface area contributed by atoms with E-state index in [-0.39, 0.29) is 23.6 Å². The van der Waals surface area contributed by atoms with Gasteiger partial charge in [-0.1, -0.05) is 0 Å². The lowest BCUT2D eigenvalue weighted by atomic mass is 10.1. The van der Waals surface area contributed by atoms with Crippen molar-refractivity contribution in [3.8, 4) is 10.6 Å². The molecule has 3 aromatic rings. The van der Waals surface area contributed by atoms with E-state index in [9.17, 15) is 18.0 Å². The van der Waals surface area contributed by atoms with E-state index in [0.717, 1.165) is 67.6 Å². The van der Waals surface area contributed by atoms with Gasteiger partial charge in [-0.3, -0.25) is 4.79 Å². The van der Waals surface area contributed by atoms with Crippen molar-refractivity contribution < 1.29 is 22.7 Å². The summed E-state index contributed by atoms with van der Waals surface area (Å²) in [7, 11) is 1.97. The Bertz CT molecular complexity index is 1520. The second kappa shape index (κ2) is 11.6. The molecule has 0 radical (unpaired) electrons. The van der Waals surface area contributed by atoms with Gasteiger partial charge < -0.3 is 25.2 Å². The maximum absolute atomic E-state index is 14.2. The second-order valence-corrected chi connectivity index (χ2v) is 13.7. The first-order valence-corrected chi connectivity index (χ1v) is 16.5. The number of nitrogens with one attached hydrogen (secondary N) is 2. The molecule has 2 aromatic heterocycles. The minimum absolute atomic E-state index is 0.0110. The van der Waals surface area contributed by atoms with E-state index in [2.05, 4.69) is 37.6 Å². The highest BCUT2D eigenvalue weighted by Gasteiger charge is 2.38. The fraction of sp³-hybridized carbons (Fsp3) is 0.500. The number of thiophene rings is 1. The van der Waals surface area contributed by atoms with Crippen LogP contribution in [0.4, 0.5) is 30.5 Å². The molecular weight excluding hydrogens is 597 g/mol. The summed E-state index contributed by atoms with van der Waals surface area (Å²) in [4.78, 5) is 27.6. The summed E-state index contributed by atoms with van der Waals surface area (Å²) < 4.78 is 47.9. The molecule has 2 N–H and O–H groups in total. The Morgan fingerprint density at radius 3 is 2.67 bits per heavy atom. The van der Waals surface area contributed by atoms with Gasteiger partial charge in [0.2, 0.25) is 5.95 Å². The zero-order chi connectivity index (χ0) is 29.7. The van der Waals surface area contributed by atoms with Crippen LogP contribution in [0.2, 0.25) is 0 Å². The van der Waals surface area contributed by atoms with Crippen molar-refractivity contribution >= 4 is 46.3 Å². The highest BCUT2D eigenvalue weighted by Crippen LogP contribution is 2.47. The number of hydrogen-bond acceptors (Lipinski definition) is 9. The molecule has 1 saturated carbocycles. The highest BCUT2D eigenvalue weighted by molar-refractivity contribution is 7.99. The van der Waals surface area contributed by atoms with Gasteiger partial charge in [0.15, 0.2) is 0 Å². The lowest BCUT2D eigenvalue weighted by Crippen LogP contribution is -2.52. The Labute approximate surface area is 256 Å². The van der Waals surface area contributed by atoms with Gasteiger partial charge in [0.05, 0.1) is 29.8 Å². The summed E-state index contributed by atoms with van der Waals surface area (Å²) in [5, 5.41) is 6.54. The summed E-state index contributed by atoms with van der Waals surface area (Å²) in [6.07, 6.45) is 0.644. The molecule has 1 aromatic carbocycles. The third kappa shape index (κ3) is 5.72. The number of carbonyl (C=O) groups is 1. The van der Waals surface area contributed by atoms with E-state index < -0.39 is 11.7 Å². The van der Waals surface area contributed by atoms with Crippen LogP contribution in [-0.2, 0) is 10.9 Å². The molecule has 43 heavy (non-hydrogen) atoms. The Kier molecular flexibility index (Phi) is 7.77. The Morgan fingerprint density at radius 2 is 1.95 bits per heavy atom. The van der Waals surface area contributed by atoms with Crippen LogP contribution >= 0.6 is 23.1 Å². The predicted molar refractivity (Wildman–Crippen MR) is 163 cm³/mol. The fourth-order valence-electron chi connectivity index (χ4n) is 6.14. The molecule has 1 atom stereocenters. The number of carbonyl (C=O) groups excluding carboxylic acids is 1. The molecule has 1 aliphatic carbocycles. The molecule has 13 heteroatoms.